The lowest BCUT2D eigenvalue weighted by Crippen LogP contribution is -2.58. The van der Waals surface area contributed by atoms with Crippen molar-refractivity contribution < 1.29 is 24.6 Å². The van der Waals surface area contributed by atoms with Crippen molar-refractivity contribution in [1.29, 1.82) is 0 Å². The fourth-order valence-corrected chi connectivity index (χ4v) is 2.85. The van der Waals surface area contributed by atoms with Crippen molar-refractivity contribution in [1.82, 2.24) is 16.0 Å². The molecule has 1 amide bonds. The van der Waals surface area contributed by atoms with E-state index < -0.39 is 41.1 Å². The number of aliphatic carboxylic acids is 2. The lowest BCUT2D eigenvalue weighted by atomic mass is 9.91. The lowest BCUT2D eigenvalue weighted by molar-refractivity contribution is -0.138. The van der Waals surface area contributed by atoms with Crippen molar-refractivity contribution in [2.24, 2.45) is 10.4 Å². The summed E-state index contributed by atoms with van der Waals surface area (Å²) in [5, 5.41) is 32.9. The van der Waals surface area contributed by atoms with Crippen molar-refractivity contribution >= 4 is 17.8 Å². The average Bonchev–Trinajstić information content (AvgIpc) is 2.69. The van der Waals surface area contributed by atoms with E-state index in [-0.39, 0.29) is 51.1 Å². The van der Waals surface area contributed by atoms with Crippen LogP contribution in [0.5, 0.6) is 0 Å². The second-order valence-electron chi connectivity index (χ2n) is 9.05. The Balaban J connectivity index is 5.16. The predicted molar refractivity (Wildman–Crippen MR) is 119 cm³/mol. The molecule has 5 N–H and O–H groups in total. The highest BCUT2D eigenvalue weighted by Crippen LogP contribution is 2.18. The maximum absolute atomic E-state index is 12.3. The van der Waals surface area contributed by atoms with Crippen molar-refractivity contribution in [3.05, 3.63) is 9.81 Å². The van der Waals surface area contributed by atoms with E-state index in [1.165, 1.54) is 0 Å². The molecular weight excluding hydrogens is 422 g/mol. The SMILES string of the molecule is CC(N=O)C(C)(C)NCC(CNC(C)(C)C(CCC(=O)O)N=O)NC(=O)CCCC(=O)O. The van der Waals surface area contributed by atoms with Crippen molar-refractivity contribution in [3.8, 4) is 0 Å². The van der Waals surface area contributed by atoms with Crippen LogP contribution in [0.2, 0.25) is 0 Å². The molecule has 32 heavy (non-hydrogen) atoms. The van der Waals surface area contributed by atoms with E-state index in [2.05, 4.69) is 26.3 Å². The summed E-state index contributed by atoms with van der Waals surface area (Å²) < 4.78 is 0. The standard InChI is InChI=1S/C20H37N5O7/c1-13(24-31)19(2,3)21-11-14(23-16(26)7-6-8-17(27)28)12-22-20(4,5)15(25-32)9-10-18(29)30/h13-15,21-22H,6-12H2,1-5H3,(H,23,26)(H,27,28)(H,29,30). The van der Waals surface area contributed by atoms with Gasteiger partial charge in [-0.05, 0) is 47.5 Å². The molecule has 0 aromatic heterocycles. The molecule has 0 bridgehead atoms. The molecule has 0 saturated heterocycles. The summed E-state index contributed by atoms with van der Waals surface area (Å²) >= 11 is 0. The monoisotopic (exact) mass is 459 g/mol. The number of hydrogen-bond donors (Lipinski definition) is 5. The molecule has 0 aliphatic heterocycles. The molecule has 12 nitrogen and oxygen atoms in total. The van der Waals surface area contributed by atoms with Gasteiger partial charge in [0, 0.05) is 43.4 Å². The molecule has 0 aromatic rings. The highest BCUT2D eigenvalue weighted by atomic mass is 16.4. The minimum Gasteiger partial charge on any atom is -0.481 e. The van der Waals surface area contributed by atoms with Gasteiger partial charge in [0.2, 0.25) is 5.91 Å². The second kappa shape index (κ2) is 13.8. The van der Waals surface area contributed by atoms with Gasteiger partial charge >= 0.3 is 11.9 Å². The number of carboxylic acids is 2. The van der Waals surface area contributed by atoms with Crippen LogP contribution in [-0.2, 0) is 14.4 Å². The topological polar surface area (TPSA) is 187 Å². The molecule has 0 radical (unpaired) electrons. The van der Waals surface area contributed by atoms with Gasteiger partial charge in [-0.3, -0.25) is 14.4 Å². The summed E-state index contributed by atoms with van der Waals surface area (Å²) in [5.41, 5.74) is -1.48. The van der Waals surface area contributed by atoms with Gasteiger partial charge in [0.05, 0.1) is 6.04 Å². The van der Waals surface area contributed by atoms with Crippen LogP contribution < -0.4 is 16.0 Å². The highest BCUT2D eigenvalue weighted by Gasteiger charge is 2.32. The zero-order valence-electron chi connectivity index (χ0n) is 19.5. The molecule has 0 aliphatic rings. The Morgan fingerprint density at radius 1 is 0.844 bits per heavy atom. The predicted octanol–water partition coefficient (Wildman–Crippen LogP) is 1.62. The first-order valence-corrected chi connectivity index (χ1v) is 10.6. The number of nitroso groups, excluding NO2 is 2. The molecule has 3 atom stereocenters. The first kappa shape index (κ1) is 29.5. The molecule has 0 aliphatic carbocycles. The fraction of sp³-hybridized carbons (Fsp3) is 0.850. The summed E-state index contributed by atoms with van der Waals surface area (Å²) in [6, 6.07) is -1.79. The van der Waals surface area contributed by atoms with E-state index in [9.17, 15) is 24.2 Å². The van der Waals surface area contributed by atoms with Crippen LogP contribution in [0.15, 0.2) is 10.4 Å². The molecule has 0 saturated carbocycles. The Morgan fingerprint density at radius 3 is 1.84 bits per heavy atom. The molecule has 184 valence electrons. The molecular formula is C20H37N5O7. The maximum Gasteiger partial charge on any atom is 0.303 e. The fourth-order valence-electron chi connectivity index (χ4n) is 2.85. The normalized spacial score (nSPS) is 14.8. The largest absolute Gasteiger partial charge is 0.481 e. The van der Waals surface area contributed by atoms with E-state index in [1.54, 1.807) is 34.6 Å². The second-order valence-corrected chi connectivity index (χ2v) is 9.05. The number of carbonyl (C=O) groups is 3. The summed E-state index contributed by atoms with van der Waals surface area (Å²) in [6.07, 6.45) is -0.00692. The lowest BCUT2D eigenvalue weighted by Gasteiger charge is -2.35. The number of carbonyl (C=O) groups excluding carboxylic acids is 1. The van der Waals surface area contributed by atoms with Gasteiger partial charge < -0.3 is 26.2 Å². The third-order valence-electron chi connectivity index (χ3n) is 5.56. The molecule has 0 aromatic carbocycles. The first-order chi connectivity index (χ1) is 14.7. The van der Waals surface area contributed by atoms with E-state index in [4.69, 9.17) is 10.2 Å². The molecule has 0 spiro atoms. The van der Waals surface area contributed by atoms with E-state index in [0.717, 1.165) is 0 Å². The third-order valence-corrected chi connectivity index (χ3v) is 5.56. The molecule has 3 unspecified atom stereocenters. The minimum atomic E-state index is -1.02. The van der Waals surface area contributed by atoms with Crippen LogP contribution in [0.3, 0.4) is 0 Å². The van der Waals surface area contributed by atoms with Gasteiger partial charge in [-0.1, -0.05) is 10.4 Å². The zero-order valence-corrected chi connectivity index (χ0v) is 19.5. The Kier molecular flexibility index (Phi) is 12.8. The van der Waals surface area contributed by atoms with E-state index in [1.807, 2.05) is 0 Å². The molecule has 0 rings (SSSR count). The van der Waals surface area contributed by atoms with Crippen LogP contribution >= 0.6 is 0 Å². The number of nitrogens with zero attached hydrogens (tertiary/aromatic N) is 2. The summed E-state index contributed by atoms with van der Waals surface area (Å²) in [6.45, 7) is 9.23. The van der Waals surface area contributed by atoms with Crippen LogP contribution in [0, 0.1) is 9.81 Å². The molecule has 12 heteroatoms. The maximum atomic E-state index is 12.3. The van der Waals surface area contributed by atoms with E-state index >= 15 is 0 Å². The Morgan fingerprint density at radius 2 is 1.38 bits per heavy atom. The quantitative estimate of drug-likeness (QED) is 0.190. The molecule has 0 heterocycles. The van der Waals surface area contributed by atoms with Gasteiger partial charge in [0.25, 0.3) is 0 Å². The van der Waals surface area contributed by atoms with Crippen LogP contribution in [-0.4, -0.2) is 70.4 Å². The summed E-state index contributed by atoms with van der Waals surface area (Å²) in [4.78, 5) is 56.0. The third kappa shape index (κ3) is 11.8. The van der Waals surface area contributed by atoms with Crippen molar-refractivity contribution in [2.75, 3.05) is 13.1 Å². The van der Waals surface area contributed by atoms with Gasteiger partial charge in [-0.15, -0.1) is 0 Å². The van der Waals surface area contributed by atoms with E-state index in [0.29, 0.717) is 0 Å². The highest BCUT2D eigenvalue weighted by molar-refractivity contribution is 5.77. The zero-order chi connectivity index (χ0) is 24.9. The van der Waals surface area contributed by atoms with Crippen molar-refractivity contribution in [2.45, 2.75) is 95.9 Å². The Bertz CT molecular complexity index is 654. The summed E-state index contributed by atoms with van der Waals surface area (Å²) in [7, 11) is 0. The number of hydrogen-bond acceptors (Lipinski definition) is 9. The Hall–Kier alpha value is -2.47. The van der Waals surface area contributed by atoms with Gasteiger partial charge in [0.15, 0.2) is 0 Å². The number of amides is 1. The number of carboxylic acid groups (broad SMARTS) is 2. The first-order valence-electron chi connectivity index (χ1n) is 10.6. The average molecular weight is 460 g/mol. The minimum absolute atomic E-state index is 0.0407. The summed E-state index contributed by atoms with van der Waals surface area (Å²) in [5.74, 6) is -2.33. The van der Waals surface area contributed by atoms with Gasteiger partial charge in [-0.2, -0.15) is 9.81 Å². The van der Waals surface area contributed by atoms with Crippen LogP contribution in [0.25, 0.3) is 0 Å². The number of rotatable bonds is 18. The van der Waals surface area contributed by atoms with Gasteiger partial charge in [-0.25, -0.2) is 0 Å². The molecule has 0 fully saturated rings. The number of nitrogens with one attached hydrogen (secondary N) is 3. The smallest absolute Gasteiger partial charge is 0.303 e. The van der Waals surface area contributed by atoms with Crippen molar-refractivity contribution in [3.63, 3.8) is 0 Å². The van der Waals surface area contributed by atoms with Crippen LogP contribution in [0.4, 0.5) is 0 Å². The van der Waals surface area contributed by atoms with Crippen LogP contribution in [0.1, 0.15) is 66.7 Å². The Labute approximate surface area is 188 Å². The van der Waals surface area contributed by atoms with Gasteiger partial charge in [0.1, 0.15) is 12.1 Å².